The predicted molar refractivity (Wildman–Crippen MR) is 153 cm³/mol. The van der Waals surface area contributed by atoms with Crippen LogP contribution in [0.4, 0.5) is 11.6 Å². The number of hydrogen-bond donors (Lipinski definition) is 1. The lowest BCUT2D eigenvalue weighted by molar-refractivity contribution is -0.120. The summed E-state index contributed by atoms with van der Waals surface area (Å²) in [4.78, 5) is 42.0. The summed E-state index contributed by atoms with van der Waals surface area (Å²) < 4.78 is 7.35. The Morgan fingerprint density at radius 2 is 1.95 bits per heavy atom. The Balaban J connectivity index is 1.45. The van der Waals surface area contributed by atoms with Crippen LogP contribution < -0.4 is 10.2 Å². The smallest absolute Gasteiger partial charge is 0.268 e. The molecule has 0 unspecified atom stereocenters. The number of rotatable bonds is 8. The Kier molecular flexibility index (Phi) is 7.30. The average molecular weight is 543 g/mol. The maximum atomic E-state index is 13.2. The molecule has 39 heavy (non-hydrogen) atoms. The van der Waals surface area contributed by atoms with E-state index < -0.39 is 0 Å². The highest BCUT2D eigenvalue weighted by Gasteiger charge is 2.22. The first-order chi connectivity index (χ1) is 18.7. The zero-order chi connectivity index (χ0) is 27.6. The minimum absolute atomic E-state index is 0.0339. The summed E-state index contributed by atoms with van der Waals surface area (Å²) >= 11 is 1.32. The van der Waals surface area contributed by atoms with Crippen molar-refractivity contribution in [1.82, 2.24) is 19.5 Å². The van der Waals surface area contributed by atoms with E-state index in [2.05, 4.69) is 15.3 Å². The molecule has 0 saturated heterocycles. The van der Waals surface area contributed by atoms with E-state index in [9.17, 15) is 9.59 Å². The molecule has 9 nitrogen and oxygen atoms in total. The Labute approximate surface area is 230 Å². The number of nitrogens with zero attached hydrogens (tertiary/aromatic N) is 5. The van der Waals surface area contributed by atoms with Gasteiger partial charge in [0, 0.05) is 38.1 Å². The lowest BCUT2D eigenvalue weighted by Crippen LogP contribution is -2.29. The number of fused-ring (bicyclic) bond motifs is 1. The van der Waals surface area contributed by atoms with Gasteiger partial charge in [-0.25, -0.2) is 9.97 Å². The van der Waals surface area contributed by atoms with Gasteiger partial charge in [0.15, 0.2) is 12.2 Å². The second kappa shape index (κ2) is 10.8. The number of oxazole rings is 1. The zero-order valence-corrected chi connectivity index (χ0v) is 23.2. The molecule has 0 radical (unpaired) electrons. The van der Waals surface area contributed by atoms with Crippen molar-refractivity contribution in [2.24, 2.45) is 5.41 Å². The highest BCUT2D eigenvalue weighted by molar-refractivity contribution is 7.17. The first kappa shape index (κ1) is 26.3. The summed E-state index contributed by atoms with van der Waals surface area (Å²) in [5, 5.41) is 2.99. The van der Waals surface area contributed by atoms with Crippen molar-refractivity contribution in [3.05, 3.63) is 77.9 Å². The number of nitrogens with one attached hydrogen (secondary N) is 1. The van der Waals surface area contributed by atoms with Gasteiger partial charge in [0.2, 0.25) is 11.9 Å². The average Bonchev–Trinajstić information content (AvgIpc) is 3.66. The molecule has 0 aliphatic carbocycles. The molecular formula is C29H30N6O3S. The summed E-state index contributed by atoms with van der Waals surface area (Å²) in [5.74, 6) is 0.822. The van der Waals surface area contributed by atoms with Gasteiger partial charge in [-0.3, -0.25) is 19.9 Å². The van der Waals surface area contributed by atoms with E-state index in [-0.39, 0.29) is 17.2 Å². The lowest BCUT2D eigenvalue weighted by Gasteiger charge is -2.23. The fourth-order valence-electron chi connectivity index (χ4n) is 4.24. The zero-order valence-electron chi connectivity index (χ0n) is 22.3. The molecule has 0 aliphatic rings. The van der Waals surface area contributed by atoms with Crippen molar-refractivity contribution >= 4 is 45.8 Å². The number of imidazole rings is 1. The molecule has 0 fully saturated rings. The van der Waals surface area contributed by atoms with E-state index in [0.29, 0.717) is 41.5 Å². The molecule has 5 rings (SSSR count). The summed E-state index contributed by atoms with van der Waals surface area (Å²) in [7, 11) is 1.78. The van der Waals surface area contributed by atoms with Crippen LogP contribution in [-0.4, -0.2) is 38.4 Å². The number of thiophene rings is 1. The van der Waals surface area contributed by atoms with Gasteiger partial charge in [0.05, 0.1) is 27.0 Å². The molecule has 5 aromatic rings. The summed E-state index contributed by atoms with van der Waals surface area (Å²) in [6.07, 6.45) is 7.70. The predicted octanol–water partition coefficient (Wildman–Crippen LogP) is 6.04. The molecular weight excluding hydrogens is 512 g/mol. The third-order valence-corrected chi connectivity index (χ3v) is 7.35. The van der Waals surface area contributed by atoms with Crippen molar-refractivity contribution in [3.8, 4) is 10.6 Å². The fourth-order valence-corrected chi connectivity index (χ4v) is 5.10. The van der Waals surface area contributed by atoms with Gasteiger partial charge in [-0.2, -0.15) is 0 Å². The Hall–Kier alpha value is -4.31. The van der Waals surface area contributed by atoms with E-state index in [4.69, 9.17) is 9.40 Å². The third kappa shape index (κ3) is 6.06. The SMILES string of the molecule is CN(C(=O)CC(C)(C)C)c1ccc2c(c1)nc(NC(=O)c1ccc(-c3cnco3)s1)n2CCc1cccnc1. The van der Waals surface area contributed by atoms with Gasteiger partial charge in [0.1, 0.15) is 0 Å². The Morgan fingerprint density at radius 1 is 1.10 bits per heavy atom. The fraction of sp³-hybridized carbons (Fsp3) is 0.276. The lowest BCUT2D eigenvalue weighted by atomic mass is 9.91. The van der Waals surface area contributed by atoms with Crippen LogP contribution in [0.3, 0.4) is 0 Å². The molecule has 0 aliphatic heterocycles. The van der Waals surface area contributed by atoms with Crippen molar-refractivity contribution in [2.75, 3.05) is 17.3 Å². The molecule has 2 amide bonds. The van der Waals surface area contributed by atoms with Crippen molar-refractivity contribution < 1.29 is 14.0 Å². The first-order valence-corrected chi connectivity index (χ1v) is 13.5. The molecule has 0 spiro atoms. The quantitative estimate of drug-likeness (QED) is 0.256. The molecule has 4 heterocycles. The third-order valence-electron chi connectivity index (χ3n) is 6.25. The molecule has 0 atom stereocenters. The molecule has 0 bridgehead atoms. The highest BCUT2D eigenvalue weighted by Crippen LogP contribution is 2.30. The van der Waals surface area contributed by atoms with Gasteiger partial charge >= 0.3 is 0 Å². The topological polar surface area (TPSA) is 106 Å². The molecule has 0 saturated carbocycles. The molecule has 1 aromatic carbocycles. The van der Waals surface area contributed by atoms with E-state index in [1.54, 1.807) is 30.4 Å². The normalized spacial score (nSPS) is 11.6. The second-order valence-electron chi connectivity index (χ2n) is 10.5. The van der Waals surface area contributed by atoms with Gasteiger partial charge in [-0.1, -0.05) is 26.8 Å². The van der Waals surface area contributed by atoms with Gasteiger partial charge in [-0.15, -0.1) is 11.3 Å². The first-order valence-electron chi connectivity index (χ1n) is 12.6. The van der Waals surface area contributed by atoms with Crippen LogP contribution in [0.1, 0.15) is 42.4 Å². The standard InChI is InChI=1S/C29H30N6O3S/c1-29(2,3)15-26(36)34(4)20-7-8-22-21(14-20)32-28(35(22)13-11-19-6-5-12-30-16-19)33-27(37)25-10-9-24(39-25)23-17-31-18-38-23/h5-10,12,14,16-18H,11,13,15H2,1-4H3,(H,32,33,37). The minimum atomic E-state index is -0.263. The number of benzene rings is 1. The Bertz CT molecular complexity index is 1600. The van der Waals surface area contributed by atoms with Gasteiger partial charge < -0.3 is 13.9 Å². The van der Waals surface area contributed by atoms with Crippen LogP contribution >= 0.6 is 11.3 Å². The minimum Gasteiger partial charge on any atom is -0.443 e. The summed E-state index contributed by atoms with van der Waals surface area (Å²) in [6.45, 7) is 6.72. The van der Waals surface area contributed by atoms with Gasteiger partial charge in [-0.05, 0) is 53.8 Å². The van der Waals surface area contributed by atoms with E-state index in [0.717, 1.165) is 21.6 Å². The molecule has 10 heteroatoms. The molecule has 4 aromatic heterocycles. The van der Waals surface area contributed by atoms with Crippen molar-refractivity contribution in [2.45, 2.75) is 40.2 Å². The van der Waals surface area contributed by atoms with Crippen LogP contribution in [-0.2, 0) is 17.8 Å². The number of carbonyl (C=O) groups excluding carboxylic acids is 2. The maximum absolute atomic E-state index is 13.2. The van der Waals surface area contributed by atoms with Crippen LogP contribution in [0.15, 0.2) is 71.9 Å². The number of aryl methyl sites for hydroxylation is 2. The number of anilines is 2. The second-order valence-corrected chi connectivity index (χ2v) is 11.6. The van der Waals surface area contributed by atoms with Gasteiger partial charge in [0.25, 0.3) is 5.91 Å². The largest absolute Gasteiger partial charge is 0.443 e. The maximum Gasteiger partial charge on any atom is 0.268 e. The monoisotopic (exact) mass is 542 g/mol. The molecule has 200 valence electrons. The Morgan fingerprint density at radius 3 is 2.67 bits per heavy atom. The van der Waals surface area contributed by atoms with Crippen LogP contribution in [0.25, 0.3) is 21.7 Å². The van der Waals surface area contributed by atoms with Crippen LogP contribution in [0.2, 0.25) is 0 Å². The summed E-state index contributed by atoms with van der Waals surface area (Å²) in [6, 6.07) is 13.3. The summed E-state index contributed by atoms with van der Waals surface area (Å²) in [5.41, 5.74) is 3.27. The number of amides is 2. The number of pyridine rings is 1. The van der Waals surface area contributed by atoms with E-state index >= 15 is 0 Å². The molecule has 1 N–H and O–H groups in total. The highest BCUT2D eigenvalue weighted by atomic mass is 32.1. The van der Waals surface area contributed by atoms with E-state index in [1.165, 1.54) is 17.7 Å². The number of carbonyl (C=O) groups is 2. The number of hydrogen-bond acceptors (Lipinski definition) is 7. The number of aromatic nitrogens is 4. The van der Waals surface area contributed by atoms with Crippen molar-refractivity contribution in [1.29, 1.82) is 0 Å². The van der Waals surface area contributed by atoms with Crippen LogP contribution in [0, 0.1) is 5.41 Å². The van der Waals surface area contributed by atoms with E-state index in [1.807, 2.05) is 67.9 Å². The van der Waals surface area contributed by atoms with Crippen LogP contribution in [0.5, 0.6) is 0 Å². The van der Waals surface area contributed by atoms with Crippen molar-refractivity contribution in [3.63, 3.8) is 0 Å².